The van der Waals surface area contributed by atoms with Gasteiger partial charge in [0.25, 0.3) is 0 Å². The molecular weight excluding hydrogens is 304 g/mol. The Morgan fingerprint density at radius 1 is 1.38 bits per heavy atom. The van der Waals surface area contributed by atoms with Crippen molar-refractivity contribution in [2.75, 3.05) is 33.8 Å². The molecule has 1 fully saturated rings. The first kappa shape index (κ1) is 18.4. The largest absolute Gasteiger partial charge is 0.508 e. The minimum atomic E-state index is 0.256. The predicted octanol–water partition coefficient (Wildman–Crippen LogP) is 1.94. The molecule has 0 aliphatic carbocycles. The number of nitrogens with one attached hydrogen (secondary N) is 2. The normalized spacial score (nSPS) is 16.9. The number of guanidine groups is 1. The van der Waals surface area contributed by atoms with Gasteiger partial charge in [-0.2, -0.15) is 0 Å². The number of ether oxygens (including phenoxy) is 1. The molecule has 0 unspecified atom stereocenters. The topological polar surface area (TPSA) is 69.1 Å². The molecule has 1 heterocycles. The monoisotopic (exact) mass is 334 g/mol. The van der Waals surface area contributed by atoms with Crippen molar-refractivity contribution in [1.29, 1.82) is 0 Å². The maximum atomic E-state index is 9.96. The van der Waals surface area contributed by atoms with E-state index in [-0.39, 0.29) is 5.75 Å². The van der Waals surface area contributed by atoms with E-state index in [2.05, 4.69) is 27.4 Å². The molecule has 0 amide bonds. The fourth-order valence-electron chi connectivity index (χ4n) is 3.01. The Bertz CT molecular complexity index is 540. The van der Waals surface area contributed by atoms with Crippen molar-refractivity contribution >= 4 is 5.96 Å². The number of hydrogen-bond acceptors (Lipinski definition) is 4. The SMILES string of the molecule is CCCN1CCC(NC(=NC)NCc2cc(OC)ccc2O)CC1. The van der Waals surface area contributed by atoms with Gasteiger partial charge in [0, 0.05) is 38.3 Å². The lowest BCUT2D eigenvalue weighted by Gasteiger charge is -2.32. The van der Waals surface area contributed by atoms with Gasteiger partial charge in [0.1, 0.15) is 11.5 Å². The average molecular weight is 334 g/mol. The molecule has 0 spiro atoms. The number of phenolic OH excluding ortho intramolecular Hbond substituents is 1. The fourth-order valence-corrected chi connectivity index (χ4v) is 3.01. The fraction of sp³-hybridized carbons (Fsp3) is 0.611. The number of rotatable bonds is 6. The minimum absolute atomic E-state index is 0.256. The van der Waals surface area contributed by atoms with Gasteiger partial charge in [0.2, 0.25) is 0 Å². The second-order valence-corrected chi connectivity index (χ2v) is 6.18. The van der Waals surface area contributed by atoms with Gasteiger partial charge in [-0.15, -0.1) is 0 Å². The number of methoxy groups -OCH3 is 1. The van der Waals surface area contributed by atoms with Crippen LogP contribution in [0, 0.1) is 0 Å². The summed E-state index contributed by atoms with van der Waals surface area (Å²) in [5.74, 6) is 1.76. The van der Waals surface area contributed by atoms with Gasteiger partial charge in [-0.3, -0.25) is 4.99 Å². The molecule has 3 N–H and O–H groups in total. The van der Waals surface area contributed by atoms with Gasteiger partial charge in [-0.1, -0.05) is 6.92 Å². The van der Waals surface area contributed by atoms with E-state index >= 15 is 0 Å². The molecule has 1 aliphatic rings. The Morgan fingerprint density at radius 3 is 2.75 bits per heavy atom. The second kappa shape index (κ2) is 9.37. The Labute approximate surface area is 144 Å². The highest BCUT2D eigenvalue weighted by Crippen LogP contribution is 2.22. The van der Waals surface area contributed by atoms with E-state index in [4.69, 9.17) is 4.74 Å². The van der Waals surface area contributed by atoms with E-state index in [1.807, 2.05) is 6.07 Å². The van der Waals surface area contributed by atoms with Crippen molar-refractivity contribution in [3.63, 3.8) is 0 Å². The number of likely N-dealkylation sites (tertiary alicyclic amines) is 1. The highest BCUT2D eigenvalue weighted by molar-refractivity contribution is 5.80. The van der Waals surface area contributed by atoms with E-state index in [1.165, 1.54) is 13.0 Å². The van der Waals surface area contributed by atoms with Gasteiger partial charge in [-0.25, -0.2) is 0 Å². The first-order valence-corrected chi connectivity index (χ1v) is 8.71. The zero-order valence-corrected chi connectivity index (χ0v) is 15.0. The number of nitrogens with zero attached hydrogens (tertiary/aromatic N) is 2. The first-order valence-electron chi connectivity index (χ1n) is 8.71. The summed E-state index contributed by atoms with van der Waals surface area (Å²) >= 11 is 0. The van der Waals surface area contributed by atoms with Gasteiger partial charge < -0.3 is 25.4 Å². The van der Waals surface area contributed by atoms with Crippen LogP contribution >= 0.6 is 0 Å². The Morgan fingerprint density at radius 2 is 2.12 bits per heavy atom. The quantitative estimate of drug-likeness (QED) is 0.548. The van der Waals surface area contributed by atoms with Crippen molar-refractivity contribution in [3.8, 4) is 11.5 Å². The van der Waals surface area contributed by atoms with Crippen molar-refractivity contribution in [1.82, 2.24) is 15.5 Å². The minimum Gasteiger partial charge on any atom is -0.508 e. The van der Waals surface area contributed by atoms with Crippen LogP contribution in [0.4, 0.5) is 0 Å². The number of hydrogen-bond donors (Lipinski definition) is 3. The lowest BCUT2D eigenvalue weighted by Crippen LogP contribution is -2.48. The molecule has 0 radical (unpaired) electrons. The molecule has 0 aromatic heterocycles. The third-order valence-electron chi connectivity index (χ3n) is 4.42. The molecule has 2 rings (SSSR count). The van der Waals surface area contributed by atoms with Crippen LogP contribution < -0.4 is 15.4 Å². The number of piperidine rings is 1. The molecule has 1 aromatic rings. The van der Waals surface area contributed by atoms with Crippen LogP contribution in [0.3, 0.4) is 0 Å². The molecular formula is C18H30N4O2. The maximum absolute atomic E-state index is 9.96. The van der Waals surface area contributed by atoms with Gasteiger partial charge in [-0.05, 0) is 44.0 Å². The molecule has 6 nitrogen and oxygen atoms in total. The molecule has 0 bridgehead atoms. The van der Waals surface area contributed by atoms with Crippen molar-refractivity contribution in [2.24, 2.45) is 4.99 Å². The van der Waals surface area contributed by atoms with Crippen LogP contribution in [0.25, 0.3) is 0 Å². The van der Waals surface area contributed by atoms with Crippen molar-refractivity contribution in [2.45, 2.75) is 38.8 Å². The Balaban J connectivity index is 1.83. The summed E-state index contributed by atoms with van der Waals surface area (Å²) in [5, 5.41) is 16.7. The standard InChI is InChI=1S/C18H30N4O2/c1-4-9-22-10-7-15(8-11-22)21-18(19-2)20-13-14-12-16(24-3)5-6-17(14)23/h5-6,12,15,23H,4,7-11,13H2,1-3H3,(H2,19,20,21). The molecule has 6 heteroatoms. The van der Waals surface area contributed by atoms with E-state index in [1.54, 1.807) is 26.3 Å². The van der Waals surface area contributed by atoms with Crippen LogP contribution in [-0.4, -0.2) is 55.8 Å². The highest BCUT2D eigenvalue weighted by atomic mass is 16.5. The van der Waals surface area contributed by atoms with Gasteiger partial charge in [0.15, 0.2) is 5.96 Å². The average Bonchev–Trinajstić information content (AvgIpc) is 2.61. The molecule has 134 valence electrons. The molecule has 24 heavy (non-hydrogen) atoms. The first-order chi connectivity index (χ1) is 11.7. The summed E-state index contributed by atoms with van der Waals surface area (Å²) in [4.78, 5) is 6.81. The zero-order valence-electron chi connectivity index (χ0n) is 15.0. The molecule has 1 aliphatic heterocycles. The smallest absolute Gasteiger partial charge is 0.191 e. The molecule has 1 aromatic carbocycles. The van der Waals surface area contributed by atoms with Crippen LogP contribution in [-0.2, 0) is 6.54 Å². The molecule has 0 atom stereocenters. The van der Waals surface area contributed by atoms with Crippen LogP contribution in [0.1, 0.15) is 31.7 Å². The van der Waals surface area contributed by atoms with Crippen LogP contribution in [0.2, 0.25) is 0 Å². The number of aromatic hydroxyl groups is 1. The van der Waals surface area contributed by atoms with E-state index in [0.29, 0.717) is 12.6 Å². The van der Waals surface area contributed by atoms with E-state index < -0.39 is 0 Å². The number of aliphatic imine (C=N–C) groups is 1. The third-order valence-corrected chi connectivity index (χ3v) is 4.42. The summed E-state index contributed by atoms with van der Waals surface area (Å²) in [5.41, 5.74) is 0.787. The third kappa shape index (κ3) is 5.30. The number of benzene rings is 1. The molecule has 0 saturated carbocycles. The molecule has 1 saturated heterocycles. The zero-order chi connectivity index (χ0) is 17.4. The highest BCUT2D eigenvalue weighted by Gasteiger charge is 2.19. The Kier molecular flexibility index (Phi) is 7.18. The van der Waals surface area contributed by atoms with Crippen LogP contribution in [0.15, 0.2) is 23.2 Å². The maximum Gasteiger partial charge on any atom is 0.191 e. The lowest BCUT2D eigenvalue weighted by molar-refractivity contribution is 0.206. The summed E-state index contributed by atoms with van der Waals surface area (Å²) in [6.45, 7) is 6.19. The Hall–Kier alpha value is -1.95. The van der Waals surface area contributed by atoms with Crippen LogP contribution in [0.5, 0.6) is 11.5 Å². The van der Waals surface area contributed by atoms with Crippen molar-refractivity contribution < 1.29 is 9.84 Å². The summed E-state index contributed by atoms with van der Waals surface area (Å²) in [6, 6.07) is 5.67. The van der Waals surface area contributed by atoms with Gasteiger partial charge >= 0.3 is 0 Å². The summed E-state index contributed by atoms with van der Waals surface area (Å²) in [7, 11) is 3.39. The van der Waals surface area contributed by atoms with E-state index in [0.717, 1.165) is 43.2 Å². The predicted molar refractivity (Wildman–Crippen MR) is 97.7 cm³/mol. The number of phenols is 1. The lowest BCUT2D eigenvalue weighted by atomic mass is 10.1. The van der Waals surface area contributed by atoms with E-state index in [9.17, 15) is 5.11 Å². The van der Waals surface area contributed by atoms with Gasteiger partial charge in [0.05, 0.1) is 7.11 Å². The summed E-state index contributed by atoms with van der Waals surface area (Å²) in [6.07, 6.45) is 3.47. The summed E-state index contributed by atoms with van der Waals surface area (Å²) < 4.78 is 5.20. The van der Waals surface area contributed by atoms with Crippen molar-refractivity contribution in [3.05, 3.63) is 23.8 Å². The second-order valence-electron chi connectivity index (χ2n) is 6.18.